The number of aromatic nitrogens is 1. The average Bonchev–Trinajstić information content (AvgIpc) is 2.55. The third kappa shape index (κ3) is 2.00. The van der Waals surface area contributed by atoms with Crippen molar-refractivity contribution in [2.75, 3.05) is 0 Å². The predicted octanol–water partition coefficient (Wildman–Crippen LogP) is 2.30. The van der Waals surface area contributed by atoms with Crippen molar-refractivity contribution in [1.29, 1.82) is 0 Å². The van der Waals surface area contributed by atoms with Crippen LogP contribution in [0.1, 0.15) is 29.6 Å². The molecule has 4 nitrogen and oxygen atoms in total. The summed E-state index contributed by atoms with van der Waals surface area (Å²) in [5.74, 6) is 0.239. The molecule has 0 atom stereocenters. The number of rotatable bonds is 3. The molecule has 0 saturated carbocycles. The molecule has 0 fully saturated rings. The maximum atomic E-state index is 11.6. The Morgan fingerprint density at radius 2 is 2.12 bits per heavy atom. The molecule has 1 heterocycles. The lowest BCUT2D eigenvalue weighted by Crippen LogP contribution is -2.04. The first-order chi connectivity index (χ1) is 7.56. The van der Waals surface area contributed by atoms with E-state index in [-0.39, 0.29) is 18.0 Å². The highest BCUT2D eigenvalue weighted by Gasteiger charge is 2.11. The molecule has 0 spiro atoms. The first kappa shape index (κ1) is 10.5. The van der Waals surface area contributed by atoms with Gasteiger partial charge in [-0.2, -0.15) is 0 Å². The van der Waals surface area contributed by atoms with E-state index < -0.39 is 0 Å². The van der Waals surface area contributed by atoms with E-state index in [2.05, 4.69) is 4.98 Å². The fourth-order valence-corrected chi connectivity index (χ4v) is 1.54. The number of Topliss-reactive ketones (excluding diaryl/α,β-unsaturated/α-hetero) is 2. The minimum absolute atomic E-state index is 0.0671. The van der Waals surface area contributed by atoms with Crippen molar-refractivity contribution in [3.05, 3.63) is 29.7 Å². The molecule has 82 valence electrons. The van der Waals surface area contributed by atoms with Crippen LogP contribution in [0, 0.1) is 6.92 Å². The van der Waals surface area contributed by atoms with Gasteiger partial charge in [-0.15, -0.1) is 0 Å². The van der Waals surface area contributed by atoms with Gasteiger partial charge in [-0.05, 0) is 25.1 Å². The minimum Gasteiger partial charge on any atom is -0.441 e. The van der Waals surface area contributed by atoms with Crippen LogP contribution < -0.4 is 0 Å². The standard InChI is InChI=1S/C12H11NO3/c1-7(14)5-11(15)9-3-4-12-10(6-9)13-8(2)16-12/h3-4,6H,5H2,1-2H3. The van der Waals surface area contributed by atoms with Gasteiger partial charge in [0.05, 0.1) is 6.42 Å². The average molecular weight is 217 g/mol. The summed E-state index contributed by atoms with van der Waals surface area (Å²) in [5, 5.41) is 0. The largest absolute Gasteiger partial charge is 0.441 e. The van der Waals surface area contributed by atoms with E-state index in [4.69, 9.17) is 4.42 Å². The quantitative estimate of drug-likeness (QED) is 0.584. The number of carbonyl (C=O) groups excluding carboxylic acids is 2. The Bertz CT molecular complexity index is 569. The maximum Gasteiger partial charge on any atom is 0.192 e. The Labute approximate surface area is 92.3 Å². The number of hydrogen-bond donors (Lipinski definition) is 0. The zero-order valence-electron chi connectivity index (χ0n) is 9.11. The fourth-order valence-electron chi connectivity index (χ4n) is 1.54. The summed E-state index contributed by atoms with van der Waals surface area (Å²) in [7, 11) is 0. The monoisotopic (exact) mass is 217 g/mol. The molecule has 2 aromatic rings. The van der Waals surface area contributed by atoms with Gasteiger partial charge in [-0.3, -0.25) is 9.59 Å². The van der Waals surface area contributed by atoms with Crippen molar-refractivity contribution in [3.63, 3.8) is 0 Å². The topological polar surface area (TPSA) is 60.2 Å². The van der Waals surface area contributed by atoms with Crippen molar-refractivity contribution in [3.8, 4) is 0 Å². The van der Waals surface area contributed by atoms with Gasteiger partial charge in [0.1, 0.15) is 11.3 Å². The number of aryl methyl sites for hydroxylation is 1. The molecule has 2 rings (SSSR count). The van der Waals surface area contributed by atoms with E-state index >= 15 is 0 Å². The Hall–Kier alpha value is -1.97. The van der Waals surface area contributed by atoms with Gasteiger partial charge >= 0.3 is 0 Å². The SMILES string of the molecule is CC(=O)CC(=O)c1ccc2oc(C)nc2c1. The molecular formula is C12H11NO3. The van der Waals surface area contributed by atoms with Gasteiger partial charge < -0.3 is 4.42 Å². The van der Waals surface area contributed by atoms with Gasteiger partial charge in [0, 0.05) is 12.5 Å². The molecular weight excluding hydrogens is 206 g/mol. The zero-order chi connectivity index (χ0) is 11.7. The molecule has 4 heteroatoms. The maximum absolute atomic E-state index is 11.6. The number of ketones is 2. The lowest BCUT2D eigenvalue weighted by Gasteiger charge is -1.97. The smallest absolute Gasteiger partial charge is 0.192 e. The van der Waals surface area contributed by atoms with E-state index in [0.717, 1.165) is 0 Å². The Kier molecular flexibility index (Phi) is 2.56. The molecule has 0 radical (unpaired) electrons. The molecule has 0 saturated heterocycles. The van der Waals surface area contributed by atoms with Gasteiger partial charge in [0.25, 0.3) is 0 Å². The van der Waals surface area contributed by atoms with Crippen LogP contribution in [0.5, 0.6) is 0 Å². The number of hydrogen-bond acceptors (Lipinski definition) is 4. The molecule has 0 N–H and O–H groups in total. The van der Waals surface area contributed by atoms with Gasteiger partial charge in [0.15, 0.2) is 17.3 Å². The zero-order valence-corrected chi connectivity index (χ0v) is 9.11. The number of fused-ring (bicyclic) bond motifs is 1. The summed E-state index contributed by atoms with van der Waals surface area (Å²) < 4.78 is 5.29. The first-order valence-corrected chi connectivity index (χ1v) is 4.96. The predicted molar refractivity (Wildman–Crippen MR) is 58.4 cm³/mol. The van der Waals surface area contributed by atoms with Crippen LogP contribution in [0.25, 0.3) is 11.1 Å². The summed E-state index contributed by atoms with van der Waals surface area (Å²) in [4.78, 5) is 26.6. The van der Waals surface area contributed by atoms with Crippen LogP contribution in [0.3, 0.4) is 0 Å². The third-order valence-corrected chi connectivity index (χ3v) is 2.23. The highest BCUT2D eigenvalue weighted by molar-refractivity contribution is 6.08. The number of carbonyl (C=O) groups is 2. The Balaban J connectivity index is 2.38. The van der Waals surface area contributed by atoms with Crippen LogP contribution >= 0.6 is 0 Å². The molecule has 1 aromatic carbocycles. The Morgan fingerprint density at radius 3 is 2.81 bits per heavy atom. The summed E-state index contributed by atoms with van der Waals surface area (Å²) in [5.41, 5.74) is 1.79. The molecule has 1 aromatic heterocycles. The molecule has 0 amide bonds. The van der Waals surface area contributed by atoms with Gasteiger partial charge in [0.2, 0.25) is 0 Å². The highest BCUT2D eigenvalue weighted by atomic mass is 16.3. The highest BCUT2D eigenvalue weighted by Crippen LogP contribution is 2.17. The molecule has 0 aliphatic heterocycles. The van der Waals surface area contributed by atoms with Crippen molar-refractivity contribution < 1.29 is 14.0 Å². The summed E-state index contributed by atoms with van der Waals surface area (Å²) in [6.45, 7) is 3.15. The second kappa shape index (κ2) is 3.89. The normalized spacial score (nSPS) is 10.6. The molecule has 0 aliphatic carbocycles. The van der Waals surface area contributed by atoms with Crippen LogP contribution in [-0.4, -0.2) is 16.6 Å². The van der Waals surface area contributed by atoms with Crippen molar-refractivity contribution >= 4 is 22.7 Å². The van der Waals surface area contributed by atoms with Crippen LogP contribution in [0.4, 0.5) is 0 Å². The first-order valence-electron chi connectivity index (χ1n) is 4.96. The van der Waals surface area contributed by atoms with E-state index in [0.29, 0.717) is 22.6 Å². The van der Waals surface area contributed by atoms with Crippen LogP contribution in [-0.2, 0) is 4.79 Å². The van der Waals surface area contributed by atoms with E-state index in [9.17, 15) is 9.59 Å². The van der Waals surface area contributed by atoms with Crippen LogP contribution in [0.15, 0.2) is 22.6 Å². The summed E-state index contributed by atoms with van der Waals surface area (Å²) >= 11 is 0. The molecule has 16 heavy (non-hydrogen) atoms. The second-order valence-corrected chi connectivity index (χ2v) is 3.72. The van der Waals surface area contributed by atoms with Gasteiger partial charge in [-0.25, -0.2) is 4.98 Å². The Morgan fingerprint density at radius 1 is 1.38 bits per heavy atom. The van der Waals surface area contributed by atoms with Gasteiger partial charge in [-0.1, -0.05) is 0 Å². The third-order valence-electron chi connectivity index (χ3n) is 2.23. The molecule has 0 bridgehead atoms. The van der Waals surface area contributed by atoms with Crippen LogP contribution in [0.2, 0.25) is 0 Å². The molecule has 0 unspecified atom stereocenters. The van der Waals surface area contributed by atoms with E-state index in [1.165, 1.54) is 6.92 Å². The summed E-state index contributed by atoms with van der Waals surface area (Å²) in [6.07, 6.45) is -0.0671. The minimum atomic E-state index is -0.185. The van der Waals surface area contributed by atoms with Crippen molar-refractivity contribution in [2.45, 2.75) is 20.3 Å². The number of oxazole rings is 1. The summed E-state index contributed by atoms with van der Waals surface area (Å²) in [6, 6.07) is 5.00. The van der Waals surface area contributed by atoms with Crippen molar-refractivity contribution in [1.82, 2.24) is 4.98 Å². The second-order valence-electron chi connectivity index (χ2n) is 3.72. The molecule has 0 aliphatic rings. The number of benzene rings is 1. The lowest BCUT2D eigenvalue weighted by atomic mass is 10.1. The van der Waals surface area contributed by atoms with E-state index in [1.54, 1.807) is 25.1 Å². The van der Waals surface area contributed by atoms with E-state index in [1.807, 2.05) is 0 Å². The van der Waals surface area contributed by atoms with Crippen molar-refractivity contribution in [2.24, 2.45) is 0 Å². The number of nitrogens with zero attached hydrogens (tertiary/aromatic N) is 1. The lowest BCUT2D eigenvalue weighted by molar-refractivity contribution is -0.116. The fraction of sp³-hybridized carbons (Fsp3) is 0.250.